The van der Waals surface area contributed by atoms with E-state index in [0.717, 1.165) is 11.3 Å². The lowest BCUT2D eigenvalue weighted by Crippen LogP contribution is -2.01. The van der Waals surface area contributed by atoms with E-state index in [1.165, 1.54) is 6.07 Å². The Kier molecular flexibility index (Phi) is 3.88. The number of benzene rings is 2. The van der Waals surface area contributed by atoms with E-state index >= 15 is 0 Å². The third kappa shape index (κ3) is 3.15. The molecular formula is C14H11ClFN3. The van der Waals surface area contributed by atoms with Gasteiger partial charge in [-0.2, -0.15) is 5.26 Å². The van der Waals surface area contributed by atoms with Gasteiger partial charge in [-0.25, -0.2) is 4.39 Å². The van der Waals surface area contributed by atoms with Gasteiger partial charge in [0.2, 0.25) is 0 Å². The standard InChI is InChI=1S/C14H11ClFN3/c15-12-5-9(1-3-13(12)16)8-19-11-2-4-14(18)10(6-11)7-17/h1-6,19H,8,18H2. The molecule has 0 amide bonds. The van der Waals surface area contributed by atoms with Crippen molar-refractivity contribution in [3.63, 3.8) is 0 Å². The first kappa shape index (κ1) is 13.2. The van der Waals surface area contributed by atoms with Crippen molar-refractivity contribution in [2.75, 3.05) is 11.1 Å². The molecule has 0 saturated heterocycles. The molecule has 0 aromatic heterocycles. The fraction of sp³-hybridized carbons (Fsp3) is 0.0714. The minimum Gasteiger partial charge on any atom is -0.398 e. The molecule has 0 bridgehead atoms. The van der Waals surface area contributed by atoms with Crippen LogP contribution in [0.15, 0.2) is 36.4 Å². The van der Waals surface area contributed by atoms with Gasteiger partial charge < -0.3 is 11.1 Å². The fourth-order valence-electron chi connectivity index (χ4n) is 1.62. The molecule has 0 saturated carbocycles. The van der Waals surface area contributed by atoms with Gasteiger partial charge in [0, 0.05) is 17.9 Å². The van der Waals surface area contributed by atoms with E-state index in [1.54, 1.807) is 30.3 Å². The summed E-state index contributed by atoms with van der Waals surface area (Å²) in [7, 11) is 0. The van der Waals surface area contributed by atoms with E-state index in [1.807, 2.05) is 6.07 Å². The molecule has 0 unspecified atom stereocenters. The second-order valence-electron chi connectivity index (χ2n) is 4.02. The zero-order valence-corrected chi connectivity index (χ0v) is 10.7. The van der Waals surface area contributed by atoms with Crippen LogP contribution in [-0.4, -0.2) is 0 Å². The molecule has 0 heterocycles. The van der Waals surface area contributed by atoms with Crippen molar-refractivity contribution < 1.29 is 4.39 Å². The predicted molar refractivity (Wildman–Crippen MR) is 74.3 cm³/mol. The number of nitriles is 1. The third-order valence-electron chi connectivity index (χ3n) is 2.65. The molecule has 0 aliphatic carbocycles. The number of rotatable bonds is 3. The second kappa shape index (κ2) is 5.59. The molecule has 19 heavy (non-hydrogen) atoms. The molecule has 3 N–H and O–H groups in total. The van der Waals surface area contributed by atoms with Gasteiger partial charge in [0.15, 0.2) is 0 Å². The topological polar surface area (TPSA) is 61.8 Å². The van der Waals surface area contributed by atoms with E-state index < -0.39 is 5.82 Å². The molecule has 2 aromatic rings. The van der Waals surface area contributed by atoms with E-state index in [-0.39, 0.29) is 5.02 Å². The Bertz CT molecular complexity index is 650. The first-order valence-corrected chi connectivity index (χ1v) is 5.95. The fourth-order valence-corrected chi connectivity index (χ4v) is 1.82. The quantitative estimate of drug-likeness (QED) is 0.842. The van der Waals surface area contributed by atoms with E-state index in [9.17, 15) is 4.39 Å². The average molecular weight is 276 g/mol. The van der Waals surface area contributed by atoms with E-state index in [0.29, 0.717) is 17.8 Å². The van der Waals surface area contributed by atoms with E-state index in [2.05, 4.69) is 5.32 Å². The highest BCUT2D eigenvalue weighted by atomic mass is 35.5. The summed E-state index contributed by atoms with van der Waals surface area (Å²) in [5.41, 5.74) is 8.11. The minimum absolute atomic E-state index is 0.0920. The maximum Gasteiger partial charge on any atom is 0.141 e. The van der Waals surface area contributed by atoms with Crippen molar-refractivity contribution >= 4 is 23.0 Å². The Hall–Kier alpha value is -2.25. The Balaban J connectivity index is 2.10. The number of nitrogens with one attached hydrogen (secondary N) is 1. The number of anilines is 2. The summed E-state index contributed by atoms with van der Waals surface area (Å²) >= 11 is 5.70. The first-order chi connectivity index (χ1) is 9.10. The van der Waals surface area contributed by atoms with Crippen molar-refractivity contribution in [3.05, 3.63) is 58.4 Å². The van der Waals surface area contributed by atoms with Gasteiger partial charge >= 0.3 is 0 Å². The van der Waals surface area contributed by atoms with Gasteiger partial charge in [-0.3, -0.25) is 0 Å². The van der Waals surface area contributed by atoms with Crippen LogP contribution >= 0.6 is 11.6 Å². The summed E-state index contributed by atoms with van der Waals surface area (Å²) in [6.45, 7) is 0.481. The molecule has 0 aliphatic rings. The van der Waals surface area contributed by atoms with Gasteiger partial charge in [0.1, 0.15) is 11.9 Å². The van der Waals surface area contributed by atoms with Gasteiger partial charge in [-0.1, -0.05) is 17.7 Å². The maximum atomic E-state index is 13.0. The smallest absolute Gasteiger partial charge is 0.141 e. The highest BCUT2D eigenvalue weighted by Gasteiger charge is 2.02. The zero-order valence-electron chi connectivity index (χ0n) is 9.95. The minimum atomic E-state index is -0.440. The van der Waals surface area contributed by atoms with Crippen LogP contribution in [0.4, 0.5) is 15.8 Å². The lowest BCUT2D eigenvalue weighted by Gasteiger charge is -2.08. The largest absolute Gasteiger partial charge is 0.398 e. The number of hydrogen-bond acceptors (Lipinski definition) is 3. The first-order valence-electron chi connectivity index (χ1n) is 5.57. The molecule has 3 nitrogen and oxygen atoms in total. The lowest BCUT2D eigenvalue weighted by molar-refractivity contribution is 0.627. The number of halogens is 2. The van der Waals surface area contributed by atoms with Gasteiger partial charge in [0.05, 0.1) is 10.6 Å². The molecule has 0 atom stereocenters. The summed E-state index contributed by atoms with van der Waals surface area (Å²) in [5.74, 6) is -0.440. The van der Waals surface area contributed by atoms with Crippen molar-refractivity contribution in [1.82, 2.24) is 0 Å². The van der Waals surface area contributed by atoms with Crippen molar-refractivity contribution in [2.45, 2.75) is 6.54 Å². The summed E-state index contributed by atoms with van der Waals surface area (Å²) < 4.78 is 13.0. The Morgan fingerprint density at radius 1 is 1.26 bits per heavy atom. The molecule has 2 aromatic carbocycles. The van der Waals surface area contributed by atoms with Gasteiger partial charge in [-0.05, 0) is 35.9 Å². The van der Waals surface area contributed by atoms with Crippen molar-refractivity contribution in [2.24, 2.45) is 0 Å². The van der Waals surface area contributed by atoms with Crippen molar-refractivity contribution in [3.8, 4) is 6.07 Å². The molecule has 5 heteroatoms. The molecule has 0 aliphatic heterocycles. The monoisotopic (exact) mass is 275 g/mol. The normalized spacial score (nSPS) is 9.95. The van der Waals surface area contributed by atoms with E-state index in [4.69, 9.17) is 22.6 Å². The molecular weight excluding hydrogens is 265 g/mol. The Morgan fingerprint density at radius 2 is 2.05 bits per heavy atom. The van der Waals surface area contributed by atoms with Gasteiger partial charge in [0.25, 0.3) is 0 Å². The van der Waals surface area contributed by atoms with Crippen LogP contribution in [0, 0.1) is 17.1 Å². The highest BCUT2D eigenvalue weighted by molar-refractivity contribution is 6.30. The van der Waals surface area contributed by atoms with Crippen LogP contribution in [0.3, 0.4) is 0 Å². The Labute approximate surface area is 115 Å². The average Bonchev–Trinajstić information content (AvgIpc) is 2.41. The van der Waals surface area contributed by atoms with Crippen LogP contribution in [0.1, 0.15) is 11.1 Å². The van der Waals surface area contributed by atoms with Gasteiger partial charge in [-0.15, -0.1) is 0 Å². The third-order valence-corrected chi connectivity index (χ3v) is 2.94. The van der Waals surface area contributed by atoms with Crippen LogP contribution < -0.4 is 11.1 Å². The number of nitrogen functional groups attached to an aromatic ring is 1. The lowest BCUT2D eigenvalue weighted by atomic mass is 10.1. The summed E-state index contributed by atoms with van der Waals surface area (Å²) in [5, 5.41) is 12.1. The molecule has 2 rings (SSSR count). The highest BCUT2D eigenvalue weighted by Crippen LogP contribution is 2.19. The number of nitrogens with zero attached hydrogens (tertiary/aromatic N) is 1. The molecule has 96 valence electrons. The Morgan fingerprint density at radius 3 is 2.74 bits per heavy atom. The van der Waals surface area contributed by atoms with Crippen molar-refractivity contribution in [1.29, 1.82) is 5.26 Å². The molecule has 0 fully saturated rings. The SMILES string of the molecule is N#Cc1cc(NCc2ccc(F)c(Cl)c2)ccc1N. The molecule has 0 radical (unpaired) electrons. The molecule has 0 spiro atoms. The summed E-state index contributed by atoms with van der Waals surface area (Å²) in [4.78, 5) is 0. The maximum absolute atomic E-state index is 13.0. The van der Waals surface area contributed by atoms with Crippen LogP contribution in [0.2, 0.25) is 5.02 Å². The second-order valence-corrected chi connectivity index (χ2v) is 4.42. The van der Waals surface area contributed by atoms with Crippen LogP contribution in [0.5, 0.6) is 0 Å². The van der Waals surface area contributed by atoms with Crippen LogP contribution in [-0.2, 0) is 6.54 Å². The summed E-state index contributed by atoms with van der Waals surface area (Å²) in [6.07, 6.45) is 0. The number of nitrogens with two attached hydrogens (primary N) is 1. The van der Waals surface area contributed by atoms with Crippen LogP contribution in [0.25, 0.3) is 0 Å². The zero-order chi connectivity index (χ0) is 13.8. The number of hydrogen-bond donors (Lipinski definition) is 2. The predicted octanol–water partition coefficient (Wildman–Crippen LogP) is 3.55. The summed E-state index contributed by atoms with van der Waals surface area (Å²) in [6, 6.07) is 11.7.